The Morgan fingerprint density at radius 2 is 2.14 bits per heavy atom. The largest absolute Gasteiger partial charge is 0.396 e. The molecule has 2 atom stereocenters. The Kier molecular flexibility index (Phi) is 6.87. The number of aliphatic hydroxyl groups excluding tert-OH is 1. The number of hydrogen-bond donors (Lipinski definition) is 2. The van der Waals surface area contributed by atoms with E-state index in [4.69, 9.17) is 5.11 Å². The number of amides is 1. The summed E-state index contributed by atoms with van der Waals surface area (Å²) in [6, 6.07) is 10.3. The molecule has 2 N–H and O–H groups in total. The number of hydrogen-bond acceptors (Lipinski definition) is 3. The number of nitrogens with zero attached hydrogens (tertiary/aromatic N) is 1. The lowest BCUT2D eigenvalue weighted by Crippen LogP contribution is -2.49. The maximum Gasteiger partial charge on any atom is 0.237 e. The molecule has 0 aliphatic carbocycles. The van der Waals surface area contributed by atoms with Crippen molar-refractivity contribution < 1.29 is 9.90 Å². The van der Waals surface area contributed by atoms with Crippen LogP contribution in [0.4, 0.5) is 0 Å². The van der Waals surface area contributed by atoms with E-state index < -0.39 is 0 Å². The van der Waals surface area contributed by atoms with E-state index in [1.165, 1.54) is 5.56 Å². The second kappa shape index (κ2) is 8.91. The Balaban J connectivity index is 1.90. The second-order valence-corrected chi connectivity index (χ2v) is 6.33. The van der Waals surface area contributed by atoms with Gasteiger partial charge in [-0.2, -0.15) is 0 Å². The molecule has 1 aromatic rings. The number of nitrogens with one attached hydrogen (secondary N) is 1. The number of rotatable bonds is 7. The van der Waals surface area contributed by atoms with Crippen molar-refractivity contribution in [3.8, 4) is 0 Å². The Labute approximate surface area is 133 Å². The van der Waals surface area contributed by atoms with Gasteiger partial charge in [0.1, 0.15) is 0 Å². The van der Waals surface area contributed by atoms with Gasteiger partial charge in [-0.05, 0) is 37.3 Å². The third-order valence-electron chi connectivity index (χ3n) is 4.39. The van der Waals surface area contributed by atoms with Crippen LogP contribution >= 0.6 is 0 Å². The van der Waals surface area contributed by atoms with E-state index in [1.807, 2.05) is 18.2 Å². The normalized spacial score (nSPS) is 20.5. The van der Waals surface area contributed by atoms with Gasteiger partial charge in [-0.3, -0.25) is 9.69 Å². The standard InChI is InChI=1S/C18H28N2O2/c1-15(10-12-21)13-19-18(22)17-9-5-6-11-20(17)14-16-7-3-2-4-8-16/h2-4,7-8,15,17,21H,5-6,9-14H2,1H3,(H,19,22). The zero-order valence-corrected chi connectivity index (χ0v) is 13.5. The molecule has 0 radical (unpaired) electrons. The lowest BCUT2D eigenvalue weighted by Gasteiger charge is -2.35. The summed E-state index contributed by atoms with van der Waals surface area (Å²) >= 11 is 0. The zero-order valence-electron chi connectivity index (χ0n) is 13.5. The first-order valence-corrected chi connectivity index (χ1v) is 8.37. The summed E-state index contributed by atoms with van der Waals surface area (Å²) in [6.45, 7) is 4.71. The van der Waals surface area contributed by atoms with Crippen LogP contribution in [0.3, 0.4) is 0 Å². The number of benzene rings is 1. The van der Waals surface area contributed by atoms with Gasteiger partial charge in [-0.15, -0.1) is 0 Å². The van der Waals surface area contributed by atoms with Gasteiger partial charge in [-0.1, -0.05) is 43.7 Å². The number of carbonyl (C=O) groups is 1. The average Bonchev–Trinajstić information content (AvgIpc) is 2.54. The molecule has 1 aliphatic heterocycles. The van der Waals surface area contributed by atoms with E-state index in [0.29, 0.717) is 12.5 Å². The van der Waals surface area contributed by atoms with Gasteiger partial charge >= 0.3 is 0 Å². The van der Waals surface area contributed by atoms with Crippen molar-refractivity contribution in [2.24, 2.45) is 5.92 Å². The van der Waals surface area contributed by atoms with E-state index in [9.17, 15) is 4.79 Å². The minimum atomic E-state index is -0.0183. The van der Waals surface area contributed by atoms with Gasteiger partial charge in [0.15, 0.2) is 0 Å². The smallest absolute Gasteiger partial charge is 0.237 e. The van der Waals surface area contributed by atoms with Gasteiger partial charge in [0.05, 0.1) is 6.04 Å². The highest BCUT2D eigenvalue weighted by molar-refractivity contribution is 5.81. The second-order valence-electron chi connectivity index (χ2n) is 6.33. The number of carbonyl (C=O) groups excluding carboxylic acids is 1. The molecule has 1 fully saturated rings. The van der Waals surface area contributed by atoms with Crippen molar-refractivity contribution in [1.29, 1.82) is 0 Å². The molecule has 4 heteroatoms. The van der Waals surface area contributed by atoms with Gasteiger partial charge in [0, 0.05) is 19.7 Å². The van der Waals surface area contributed by atoms with Gasteiger partial charge < -0.3 is 10.4 Å². The Hall–Kier alpha value is -1.39. The van der Waals surface area contributed by atoms with Crippen LogP contribution in [0.2, 0.25) is 0 Å². The Morgan fingerprint density at radius 3 is 2.86 bits per heavy atom. The first kappa shape index (κ1) is 17.0. The van der Waals surface area contributed by atoms with Gasteiger partial charge in [0.25, 0.3) is 0 Å². The number of aliphatic hydroxyl groups is 1. The summed E-state index contributed by atoms with van der Waals surface area (Å²) < 4.78 is 0. The van der Waals surface area contributed by atoms with E-state index >= 15 is 0 Å². The molecule has 0 aromatic heterocycles. The first-order valence-electron chi connectivity index (χ1n) is 8.37. The van der Waals surface area contributed by atoms with Crippen molar-refractivity contribution in [3.63, 3.8) is 0 Å². The third kappa shape index (κ3) is 5.11. The summed E-state index contributed by atoms with van der Waals surface area (Å²) in [5, 5.41) is 12.0. The quantitative estimate of drug-likeness (QED) is 0.812. The fourth-order valence-corrected chi connectivity index (χ4v) is 3.01. The third-order valence-corrected chi connectivity index (χ3v) is 4.39. The van der Waals surface area contributed by atoms with Crippen LogP contribution < -0.4 is 5.32 Å². The fraction of sp³-hybridized carbons (Fsp3) is 0.611. The maximum atomic E-state index is 12.5. The summed E-state index contributed by atoms with van der Waals surface area (Å²) in [7, 11) is 0. The fourth-order valence-electron chi connectivity index (χ4n) is 3.01. The molecular weight excluding hydrogens is 276 g/mol. The summed E-state index contributed by atoms with van der Waals surface area (Å²) in [6.07, 6.45) is 3.96. The predicted octanol–water partition coefficient (Wildman–Crippen LogP) is 2.18. The lowest BCUT2D eigenvalue weighted by atomic mass is 10.00. The van der Waals surface area contributed by atoms with Crippen LogP contribution in [0.15, 0.2) is 30.3 Å². The molecular formula is C18H28N2O2. The molecule has 2 unspecified atom stereocenters. The topological polar surface area (TPSA) is 52.6 Å². The maximum absolute atomic E-state index is 12.5. The van der Waals surface area contributed by atoms with Gasteiger partial charge in [0.2, 0.25) is 5.91 Å². The molecule has 1 heterocycles. The van der Waals surface area contributed by atoms with Crippen LogP contribution in [0.25, 0.3) is 0 Å². The minimum Gasteiger partial charge on any atom is -0.396 e. The minimum absolute atomic E-state index is 0.0183. The first-order chi connectivity index (χ1) is 10.7. The summed E-state index contributed by atoms with van der Waals surface area (Å²) in [4.78, 5) is 14.8. The zero-order chi connectivity index (χ0) is 15.8. The van der Waals surface area contributed by atoms with Crippen LogP contribution in [0.1, 0.15) is 38.2 Å². The molecule has 1 aromatic carbocycles. The van der Waals surface area contributed by atoms with E-state index in [1.54, 1.807) is 0 Å². The van der Waals surface area contributed by atoms with E-state index in [-0.39, 0.29) is 18.6 Å². The number of likely N-dealkylation sites (tertiary alicyclic amines) is 1. The number of piperidine rings is 1. The van der Waals surface area contributed by atoms with Crippen LogP contribution in [0, 0.1) is 5.92 Å². The highest BCUT2D eigenvalue weighted by atomic mass is 16.3. The molecule has 0 spiro atoms. The average molecular weight is 304 g/mol. The van der Waals surface area contributed by atoms with Crippen molar-refractivity contribution in [1.82, 2.24) is 10.2 Å². The molecule has 22 heavy (non-hydrogen) atoms. The van der Waals surface area contributed by atoms with Crippen LogP contribution in [0.5, 0.6) is 0 Å². The van der Waals surface area contributed by atoms with Crippen LogP contribution in [-0.4, -0.2) is 41.7 Å². The summed E-state index contributed by atoms with van der Waals surface area (Å²) in [5.74, 6) is 0.459. The predicted molar refractivity (Wildman–Crippen MR) is 88.4 cm³/mol. The lowest BCUT2D eigenvalue weighted by molar-refractivity contribution is -0.128. The molecule has 1 saturated heterocycles. The molecule has 2 rings (SSSR count). The molecule has 0 bridgehead atoms. The monoisotopic (exact) mass is 304 g/mol. The van der Waals surface area contributed by atoms with Crippen molar-refractivity contribution in [2.45, 2.75) is 45.2 Å². The Morgan fingerprint density at radius 1 is 1.36 bits per heavy atom. The SMILES string of the molecule is CC(CCO)CNC(=O)C1CCCCN1Cc1ccccc1. The molecule has 1 amide bonds. The highest BCUT2D eigenvalue weighted by Gasteiger charge is 2.28. The van der Waals surface area contributed by atoms with E-state index in [2.05, 4.69) is 29.3 Å². The van der Waals surface area contributed by atoms with Crippen LogP contribution in [-0.2, 0) is 11.3 Å². The van der Waals surface area contributed by atoms with Crippen molar-refractivity contribution >= 4 is 5.91 Å². The molecule has 4 nitrogen and oxygen atoms in total. The summed E-state index contributed by atoms with van der Waals surface area (Å²) in [5.41, 5.74) is 1.26. The Bertz CT molecular complexity index is 450. The van der Waals surface area contributed by atoms with Crippen molar-refractivity contribution in [3.05, 3.63) is 35.9 Å². The molecule has 0 saturated carbocycles. The van der Waals surface area contributed by atoms with E-state index in [0.717, 1.165) is 38.8 Å². The highest BCUT2D eigenvalue weighted by Crippen LogP contribution is 2.20. The molecule has 122 valence electrons. The molecule has 1 aliphatic rings. The van der Waals surface area contributed by atoms with Crippen molar-refractivity contribution in [2.75, 3.05) is 19.7 Å². The van der Waals surface area contributed by atoms with Gasteiger partial charge in [-0.25, -0.2) is 0 Å².